The van der Waals surface area contributed by atoms with E-state index in [1.165, 1.54) is 12.1 Å². The number of fused-ring (bicyclic) bond motifs is 1. The fraction of sp³-hybridized carbons (Fsp3) is 0.533. The Hall–Kier alpha value is -1.50. The second-order valence-corrected chi connectivity index (χ2v) is 5.50. The van der Waals surface area contributed by atoms with E-state index in [1.54, 1.807) is 6.07 Å². The lowest BCUT2D eigenvalue weighted by Gasteiger charge is -2.27. The summed E-state index contributed by atoms with van der Waals surface area (Å²) in [5.74, 6) is 0.681. The van der Waals surface area contributed by atoms with Crippen LogP contribution in [0.15, 0.2) is 18.2 Å². The SMILES string of the molecule is CC(CN)n1c(CN2CCOCC2)nc2cc(F)ccc21. The molecule has 0 saturated carbocycles. The molecule has 1 saturated heterocycles. The van der Waals surface area contributed by atoms with Crippen molar-refractivity contribution >= 4 is 11.0 Å². The Bertz CT molecular complexity index is 621. The van der Waals surface area contributed by atoms with Gasteiger partial charge in [-0.25, -0.2) is 9.37 Å². The molecule has 5 nitrogen and oxygen atoms in total. The number of hydrogen-bond acceptors (Lipinski definition) is 4. The molecule has 114 valence electrons. The van der Waals surface area contributed by atoms with Crippen molar-refractivity contribution in [3.05, 3.63) is 29.8 Å². The van der Waals surface area contributed by atoms with Gasteiger partial charge in [-0.1, -0.05) is 0 Å². The zero-order valence-electron chi connectivity index (χ0n) is 12.3. The van der Waals surface area contributed by atoms with E-state index in [0.29, 0.717) is 12.1 Å². The van der Waals surface area contributed by atoms with E-state index >= 15 is 0 Å². The van der Waals surface area contributed by atoms with Gasteiger partial charge in [-0.05, 0) is 19.1 Å². The largest absolute Gasteiger partial charge is 0.379 e. The molecule has 3 rings (SSSR count). The van der Waals surface area contributed by atoms with Crippen molar-refractivity contribution in [3.8, 4) is 0 Å². The van der Waals surface area contributed by atoms with E-state index in [-0.39, 0.29) is 11.9 Å². The molecule has 2 N–H and O–H groups in total. The average Bonchev–Trinajstić information content (AvgIpc) is 2.84. The fourth-order valence-electron chi connectivity index (χ4n) is 2.79. The molecule has 1 aromatic heterocycles. The Morgan fingerprint density at radius 3 is 2.86 bits per heavy atom. The van der Waals surface area contributed by atoms with Crippen LogP contribution in [0.25, 0.3) is 11.0 Å². The van der Waals surface area contributed by atoms with Crippen molar-refractivity contribution in [2.75, 3.05) is 32.8 Å². The number of morpholine rings is 1. The smallest absolute Gasteiger partial charge is 0.125 e. The number of halogens is 1. The number of hydrogen-bond donors (Lipinski definition) is 1. The van der Waals surface area contributed by atoms with Crippen LogP contribution in [0.3, 0.4) is 0 Å². The maximum Gasteiger partial charge on any atom is 0.125 e. The molecular weight excluding hydrogens is 271 g/mol. The third kappa shape index (κ3) is 2.92. The fourth-order valence-corrected chi connectivity index (χ4v) is 2.79. The van der Waals surface area contributed by atoms with Crippen molar-refractivity contribution in [3.63, 3.8) is 0 Å². The predicted molar refractivity (Wildman–Crippen MR) is 79.6 cm³/mol. The standard InChI is InChI=1S/C15H21FN4O/c1-11(9-17)20-14-3-2-12(16)8-13(14)18-15(20)10-19-4-6-21-7-5-19/h2-3,8,11H,4-7,9-10,17H2,1H3. The molecule has 2 aromatic rings. The average molecular weight is 292 g/mol. The predicted octanol–water partition coefficient (Wildman–Crippen LogP) is 1.53. The van der Waals surface area contributed by atoms with Crippen LogP contribution in [0.4, 0.5) is 4.39 Å². The second-order valence-electron chi connectivity index (χ2n) is 5.50. The molecular formula is C15H21FN4O. The van der Waals surface area contributed by atoms with Crippen LogP contribution in [0, 0.1) is 5.82 Å². The van der Waals surface area contributed by atoms with Gasteiger partial charge in [0, 0.05) is 31.7 Å². The van der Waals surface area contributed by atoms with E-state index < -0.39 is 0 Å². The Kier molecular flexibility index (Phi) is 4.19. The molecule has 1 aliphatic heterocycles. The number of ether oxygens (including phenoxy) is 1. The zero-order valence-corrected chi connectivity index (χ0v) is 12.3. The molecule has 0 bridgehead atoms. The Labute approximate surface area is 123 Å². The summed E-state index contributed by atoms with van der Waals surface area (Å²) in [4.78, 5) is 6.93. The molecule has 6 heteroatoms. The molecule has 2 heterocycles. The van der Waals surface area contributed by atoms with Crippen LogP contribution in [0.5, 0.6) is 0 Å². The summed E-state index contributed by atoms with van der Waals surface area (Å²) in [6, 6.07) is 4.88. The summed E-state index contributed by atoms with van der Waals surface area (Å²) in [5.41, 5.74) is 7.47. The number of imidazole rings is 1. The first kappa shape index (κ1) is 14.4. The molecule has 0 spiro atoms. The minimum atomic E-state index is -0.259. The van der Waals surface area contributed by atoms with Gasteiger partial charge in [0.25, 0.3) is 0 Å². The van der Waals surface area contributed by atoms with Crippen LogP contribution >= 0.6 is 0 Å². The molecule has 1 aliphatic rings. The van der Waals surface area contributed by atoms with Crippen LogP contribution in [-0.4, -0.2) is 47.3 Å². The van der Waals surface area contributed by atoms with Gasteiger partial charge < -0.3 is 15.0 Å². The molecule has 0 amide bonds. The van der Waals surface area contributed by atoms with Gasteiger partial charge >= 0.3 is 0 Å². The minimum absolute atomic E-state index is 0.136. The number of nitrogens with zero attached hydrogens (tertiary/aromatic N) is 3. The quantitative estimate of drug-likeness (QED) is 0.928. The third-order valence-electron chi connectivity index (χ3n) is 3.98. The van der Waals surface area contributed by atoms with Crippen molar-refractivity contribution in [1.29, 1.82) is 0 Å². The molecule has 1 unspecified atom stereocenters. The molecule has 1 fully saturated rings. The molecule has 1 aromatic carbocycles. The Morgan fingerprint density at radius 1 is 1.38 bits per heavy atom. The maximum atomic E-state index is 13.4. The first-order valence-electron chi connectivity index (χ1n) is 7.35. The summed E-state index contributed by atoms with van der Waals surface area (Å²) >= 11 is 0. The highest BCUT2D eigenvalue weighted by Gasteiger charge is 2.19. The van der Waals surface area contributed by atoms with E-state index in [0.717, 1.165) is 44.2 Å². The number of aromatic nitrogens is 2. The Morgan fingerprint density at radius 2 is 2.14 bits per heavy atom. The number of nitrogens with two attached hydrogens (primary N) is 1. The van der Waals surface area contributed by atoms with Gasteiger partial charge in [0.15, 0.2) is 0 Å². The topological polar surface area (TPSA) is 56.3 Å². The van der Waals surface area contributed by atoms with E-state index in [1.807, 2.05) is 0 Å². The lowest BCUT2D eigenvalue weighted by atomic mass is 10.2. The first-order valence-corrected chi connectivity index (χ1v) is 7.35. The molecule has 1 atom stereocenters. The van der Waals surface area contributed by atoms with Crippen LogP contribution in [0.1, 0.15) is 18.8 Å². The van der Waals surface area contributed by atoms with Crippen molar-refractivity contribution in [1.82, 2.24) is 14.5 Å². The lowest BCUT2D eigenvalue weighted by molar-refractivity contribution is 0.0325. The number of rotatable bonds is 4. The molecule has 0 radical (unpaired) electrons. The summed E-state index contributed by atoms with van der Waals surface area (Å²) in [6.07, 6.45) is 0. The van der Waals surface area contributed by atoms with E-state index in [2.05, 4.69) is 21.4 Å². The highest BCUT2D eigenvalue weighted by Crippen LogP contribution is 2.23. The number of benzene rings is 1. The highest BCUT2D eigenvalue weighted by molar-refractivity contribution is 5.76. The van der Waals surface area contributed by atoms with Crippen molar-refractivity contribution < 1.29 is 9.13 Å². The van der Waals surface area contributed by atoms with E-state index in [4.69, 9.17) is 10.5 Å². The maximum absolute atomic E-state index is 13.4. The summed E-state index contributed by atoms with van der Waals surface area (Å²) in [7, 11) is 0. The van der Waals surface area contributed by atoms with Crippen LogP contribution < -0.4 is 5.73 Å². The molecule has 0 aliphatic carbocycles. The summed E-state index contributed by atoms with van der Waals surface area (Å²) in [5, 5.41) is 0. The second kappa shape index (κ2) is 6.09. The summed E-state index contributed by atoms with van der Waals surface area (Å²) < 4.78 is 20.9. The highest BCUT2D eigenvalue weighted by atomic mass is 19.1. The van der Waals surface area contributed by atoms with E-state index in [9.17, 15) is 4.39 Å². The monoisotopic (exact) mass is 292 g/mol. The van der Waals surface area contributed by atoms with Crippen LogP contribution in [-0.2, 0) is 11.3 Å². The van der Waals surface area contributed by atoms with Gasteiger partial charge in [0.2, 0.25) is 0 Å². The normalized spacial score (nSPS) is 18.2. The van der Waals surface area contributed by atoms with Crippen LogP contribution in [0.2, 0.25) is 0 Å². The Balaban J connectivity index is 1.98. The van der Waals surface area contributed by atoms with Crippen molar-refractivity contribution in [2.45, 2.75) is 19.5 Å². The van der Waals surface area contributed by atoms with Gasteiger partial charge in [-0.3, -0.25) is 4.90 Å². The summed E-state index contributed by atoms with van der Waals surface area (Å²) in [6.45, 7) is 6.63. The third-order valence-corrected chi connectivity index (χ3v) is 3.98. The van der Waals surface area contributed by atoms with Gasteiger partial charge in [0.05, 0.1) is 30.8 Å². The van der Waals surface area contributed by atoms with Gasteiger partial charge in [-0.2, -0.15) is 0 Å². The van der Waals surface area contributed by atoms with Crippen molar-refractivity contribution in [2.24, 2.45) is 5.73 Å². The lowest BCUT2D eigenvalue weighted by Crippen LogP contribution is -2.36. The minimum Gasteiger partial charge on any atom is -0.379 e. The first-order chi connectivity index (χ1) is 10.2. The van der Waals surface area contributed by atoms with Gasteiger partial charge in [0.1, 0.15) is 11.6 Å². The van der Waals surface area contributed by atoms with Gasteiger partial charge in [-0.15, -0.1) is 0 Å². The molecule has 21 heavy (non-hydrogen) atoms. The zero-order chi connectivity index (χ0) is 14.8.